The van der Waals surface area contributed by atoms with Gasteiger partial charge < -0.3 is 16.2 Å². The molecule has 16 heavy (non-hydrogen) atoms. The summed E-state index contributed by atoms with van der Waals surface area (Å²) in [4.78, 5) is 21.7. The van der Waals surface area contributed by atoms with Crippen molar-refractivity contribution in [2.24, 2.45) is 11.7 Å². The van der Waals surface area contributed by atoms with Crippen molar-refractivity contribution < 1.29 is 14.7 Å². The summed E-state index contributed by atoms with van der Waals surface area (Å²) in [7, 11) is 0. The standard InChI is InChI=1S/C11H20N2O3/c1-3-5-8(11(15)16)6-7-13-9(4-2)10(12)14/h3,8-9,13H,1,4-7H2,2H3,(H2,12,14)(H,15,16)/t8-,9?/m1/s1. The Kier molecular flexibility index (Phi) is 7.20. The molecule has 0 aliphatic carbocycles. The molecule has 0 aliphatic rings. The van der Waals surface area contributed by atoms with Gasteiger partial charge in [-0.2, -0.15) is 0 Å². The first-order valence-corrected chi connectivity index (χ1v) is 5.39. The van der Waals surface area contributed by atoms with Crippen LogP contribution in [0.15, 0.2) is 12.7 Å². The van der Waals surface area contributed by atoms with Crippen molar-refractivity contribution in [2.75, 3.05) is 6.54 Å². The van der Waals surface area contributed by atoms with Gasteiger partial charge in [0, 0.05) is 0 Å². The monoisotopic (exact) mass is 228 g/mol. The molecule has 92 valence electrons. The molecule has 1 unspecified atom stereocenters. The molecular formula is C11H20N2O3. The molecule has 4 N–H and O–H groups in total. The van der Waals surface area contributed by atoms with E-state index in [0.717, 1.165) is 0 Å². The number of carbonyl (C=O) groups excluding carboxylic acids is 1. The predicted molar refractivity (Wildman–Crippen MR) is 61.8 cm³/mol. The number of nitrogens with two attached hydrogens (primary N) is 1. The van der Waals surface area contributed by atoms with Gasteiger partial charge in [0.15, 0.2) is 0 Å². The second-order valence-corrected chi connectivity index (χ2v) is 3.67. The molecule has 5 heteroatoms. The zero-order valence-electron chi connectivity index (χ0n) is 9.61. The third kappa shape index (κ3) is 5.50. The van der Waals surface area contributed by atoms with E-state index < -0.39 is 17.8 Å². The molecule has 0 radical (unpaired) electrons. The minimum atomic E-state index is -0.839. The van der Waals surface area contributed by atoms with Crippen LogP contribution in [0.5, 0.6) is 0 Å². The Bertz CT molecular complexity index is 254. The van der Waals surface area contributed by atoms with Gasteiger partial charge in [-0.25, -0.2) is 0 Å². The molecule has 0 saturated carbocycles. The highest BCUT2D eigenvalue weighted by atomic mass is 16.4. The van der Waals surface area contributed by atoms with E-state index >= 15 is 0 Å². The quantitative estimate of drug-likeness (QED) is 0.501. The van der Waals surface area contributed by atoms with Crippen molar-refractivity contribution >= 4 is 11.9 Å². The van der Waals surface area contributed by atoms with Gasteiger partial charge in [0.1, 0.15) is 0 Å². The third-order valence-electron chi connectivity index (χ3n) is 2.44. The molecule has 0 aromatic heterocycles. The van der Waals surface area contributed by atoms with Crippen molar-refractivity contribution in [2.45, 2.75) is 32.2 Å². The maximum atomic E-state index is 10.9. The number of allylic oxidation sites excluding steroid dienone is 1. The number of nitrogens with one attached hydrogen (secondary N) is 1. The van der Waals surface area contributed by atoms with E-state index in [1.807, 2.05) is 6.92 Å². The lowest BCUT2D eigenvalue weighted by molar-refractivity contribution is -0.141. The van der Waals surface area contributed by atoms with E-state index in [4.69, 9.17) is 10.8 Å². The smallest absolute Gasteiger partial charge is 0.306 e. The fourth-order valence-electron chi connectivity index (χ4n) is 1.42. The zero-order valence-corrected chi connectivity index (χ0v) is 9.61. The summed E-state index contributed by atoms with van der Waals surface area (Å²) in [5, 5.41) is 11.8. The summed E-state index contributed by atoms with van der Waals surface area (Å²) in [5.41, 5.74) is 5.15. The van der Waals surface area contributed by atoms with Crippen molar-refractivity contribution in [1.29, 1.82) is 0 Å². The number of carboxylic acids is 1. The average Bonchev–Trinajstić information content (AvgIpc) is 2.21. The first-order chi connectivity index (χ1) is 7.52. The normalized spacial score (nSPS) is 14.1. The summed E-state index contributed by atoms with van der Waals surface area (Å²) in [6, 6.07) is -0.377. The maximum Gasteiger partial charge on any atom is 0.306 e. The molecule has 0 fully saturated rings. The molecule has 0 bridgehead atoms. The minimum Gasteiger partial charge on any atom is -0.481 e. The van der Waals surface area contributed by atoms with Gasteiger partial charge in [-0.1, -0.05) is 13.0 Å². The Morgan fingerprint density at radius 1 is 1.56 bits per heavy atom. The summed E-state index contributed by atoms with van der Waals surface area (Å²) in [6.07, 6.45) is 3.09. The average molecular weight is 228 g/mol. The van der Waals surface area contributed by atoms with Gasteiger partial charge in [0.05, 0.1) is 12.0 Å². The summed E-state index contributed by atoms with van der Waals surface area (Å²) >= 11 is 0. The van der Waals surface area contributed by atoms with Crippen molar-refractivity contribution in [3.8, 4) is 0 Å². The van der Waals surface area contributed by atoms with E-state index in [1.54, 1.807) is 6.08 Å². The van der Waals surface area contributed by atoms with Crippen LogP contribution in [0.3, 0.4) is 0 Å². The van der Waals surface area contributed by atoms with Crippen LogP contribution in [-0.4, -0.2) is 29.6 Å². The highest BCUT2D eigenvalue weighted by Crippen LogP contribution is 2.08. The molecule has 0 saturated heterocycles. The van der Waals surface area contributed by atoms with Crippen LogP contribution in [-0.2, 0) is 9.59 Å². The summed E-state index contributed by atoms with van der Waals surface area (Å²) < 4.78 is 0. The molecule has 5 nitrogen and oxygen atoms in total. The number of primary amides is 1. The molecule has 0 aromatic rings. The SMILES string of the molecule is C=CC[C@H](CCNC(CC)C(N)=O)C(=O)O. The predicted octanol–water partition coefficient (Wildman–Crippen LogP) is 0.507. The number of amides is 1. The number of carbonyl (C=O) groups is 2. The molecule has 2 atom stereocenters. The maximum absolute atomic E-state index is 10.9. The van der Waals surface area contributed by atoms with E-state index in [2.05, 4.69) is 11.9 Å². The molecule has 0 heterocycles. The summed E-state index contributed by atoms with van der Waals surface area (Å²) in [5.74, 6) is -1.69. The Labute approximate surface area is 95.7 Å². The number of aliphatic carboxylic acids is 1. The third-order valence-corrected chi connectivity index (χ3v) is 2.44. The van der Waals surface area contributed by atoms with Crippen molar-refractivity contribution in [3.05, 3.63) is 12.7 Å². The van der Waals surface area contributed by atoms with Crippen molar-refractivity contribution in [1.82, 2.24) is 5.32 Å². The zero-order chi connectivity index (χ0) is 12.6. The second kappa shape index (κ2) is 7.87. The largest absolute Gasteiger partial charge is 0.481 e. The van der Waals surface area contributed by atoms with Crippen LogP contribution < -0.4 is 11.1 Å². The number of carboxylic acid groups (broad SMARTS) is 1. The topological polar surface area (TPSA) is 92.4 Å². The second-order valence-electron chi connectivity index (χ2n) is 3.67. The molecule has 0 aliphatic heterocycles. The van der Waals surface area contributed by atoms with Crippen molar-refractivity contribution in [3.63, 3.8) is 0 Å². The fourth-order valence-corrected chi connectivity index (χ4v) is 1.42. The van der Waals surface area contributed by atoms with Gasteiger partial charge in [0.2, 0.25) is 5.91 Å². The highest BCUT2D eigenvalue weighted by Gasteiger charge is 2.17. The first kappa shape index (κ1) is 14.6. The first-order valence-electron chi connectivity index (χ1n) is 5.39. The molecular weight excluding hydrogens is 208 g/mol. The van der Waals surface area contributed by atoms with Crippen LogP contribution >= 0.6 is 0 Å². The fraction of sp³-hybridized carbons (Fsp3) is 0.636. The number of hydrogen-bond donors (Lipinski definition) is 3. The highest BCUT2D eigenvalue weighted by molar-refractivity contribution is 5.79. The lowest BCUT2D eigenvalue weighted by Gasteiger charge is -2.15. The lowest BCUT2D eigenvalue weighted by Crippen LogP contribution is -2.41. The molecule has 0 spiro atoms. The van der Waals surface area contributed by atoms with E-state index in [1.165, 1.54) is 0 Å². The Hall–Kier alpha value is -1.36. The van der Waals surface area contributed by atoms with Gasteiger partial charge in [-0.15, -0.1) is 6.58 Å². The van der Waals surface area contributed by atoms with Gasteiger partial charge in [-0.3, -0.25) is 9.59 Å². The molecule has 0 aromatic carbocycles. The van der Waals surface area contributed by atoms with Gasteiger partial charge in [0.25, 0.3) is 0 Å². The van der Waals surface area contributed by atoms with Gasteiger partial charge >= 0.3 is 5.97 Å². The molecule has 1 amide bonds. The molecule has 0 rings (SSSR count). The lowest BCUT2D eigenvalue weighted by atomic mass is 10.0. The summed E-state index contributed by atoms with van der Waals surface area (Å²) in [6.45, 7) is 5.83. The van der Waals surface area contributed by atoms with E-state index in [0.29, 0.717) is 25.8 Å². The van der Waals surface area contributed by atoms with Crippen LogP contribution in [0.25, 0.3) is 0 Å². The van der Waals surface area contributed by atoms with E-state index in [-0.39, 0.29) is 6.04 Å². The Balaban J connectivity index is 3.97. The number of hydrogen-bond acceptors (Lipinski definition) is 3. The van der Waals surface area contributed by atoms with Crippen LogP contribution in [0, 0.1) is 5.92 Å². The van der Waals surface area contributed by atoms with Crippen LogP contribution in [0.4, 0.5) is 0 Å². The van der Waals surface area contributed by atoms with Crippen LogP contribution in [0.1, 0.15) is 26.2 Å². The van der Waals surface area contributed by atoms with Crippen LogP contribution in [0.2, 0.25) is 0 Å². The Morgan fingerprint density at radius 2 is 2.19 bits per heavy atom. The van der Waals surface area contributed by atoms with E-state index in [9.17, 15) is 9.59 Å². The minimum absolute atomic E-state index is 0.377. The van der Waals surface area contributed by atoms with Gasteiger partial charge in [-0.05, 0) is 25.8 Å². The Morgan fingerprint density at radius 3 is 2.56 bits per heavy atom. The number of rotatable bonds is 9.